The number of hydrogen-bond acceptors (Lipinski definition) is 3. The van der Waals surface area contributed by atoms with Gasteiger partial charge in [0.05, 0.1) is 0 Å². The lowest BCUT2D eigenvalue weighted by molar-refractivity contribution is 0.0675. The molecular weight excluding hydrogens is 280 g/mol. The fourth-order valence-electron chi connectivity index (χ4n) is 2.38. The van der Waals surface area contributed by atoms with Crippen molar-refractivity contribution in [3.05, 3.63) is 29.0 Å². The van der Waals surface area contributed by atoms with Gasteiger partial charge >= 0.3 is 6.03 Å². The lowest BCUT2D eigenvalue weighted by Crippen LogP contribution is -2.44. The van der Waals surface area contributed by atoms with E-state index in [1.54, 1.807) is 17.0 Å². The van der Waals surface area contributed by atoms with Crippen molar-refractivity contribution in [2.45, 2.75) is 12.8 Å². The molecule has 6 nitrogen and oxygen atoms in total. The maximum atomic E-state index is 12.4. The van der Waals surface area contributed by atoms with E-state index in [-0.39, 0.29) is 11.8 Å². The first-order valence-electron chi connectivity index (χ1n) is 6.50. The number of amides is 3. The number of likely N-dealkylation sites (tertiary alicyclic amines) is 1. The number of nitrogens with zero attached hydrogens (tertiary/aromatic N) is 2. The number of rotatable bonds is 3. The Morgan fingerprint density at radius 3 is 3.05 bits per heavy atom. The molecule has 0 aliphatic carbocycles. The predicted octanol–water partition coefficient (Wildman–Crippen LogP) is 1.26. The molecule has 1 aliphatic heterocycles. The van der Waals surface area contributed by atoms with E-state index in [4.69, 9.17) is 17.3 Å². The SMILES string of the molecule is NC(=O)NCC1CCCN(C(=O)c2ccnc(Cl)c2)C1. The summed E-state index contributed by atoms with van der Waals surface area (Å²) in [6, 6.07) is 2.68. The van der Waals surface area contributed by atoms with Crippen LogP contribution >= 0.6 is 11.6 Å². The second-order valence-electron chi connectivity index (χ2n) is 4.87. The first-order valence-corrected chi connectivity index (χ1v) is 6.88. The molecule has 3 N–H and O–H groups in total. The zero-order valence-electron chi connectivity index (χ0n) is 11.0. The van der Waals surface area contributed by atoms with Gasteiger partial charge in [-0.1, -0.05) is 11.6 Å². The van der Waals surface area contributed by atoms with Gasteiger partial charge in [-0.3, -0.25) is 4.79 Å². The summed E-state index contributed by atoms with van der Waals surface area (Å²) in [6.07, 6.45) is 3.41. The number of piperidine rings is 1. The summed E-state index contributed by atoms with van der Waals surface area (Å²) in [4.78, 5) is 28.7. The van der Waals surface area contributed by atoms with Crippen molar-refractivity contribution < 1.29 is 9.59 Å². The molecule has 0 bridgehead atoms. The van der Waals surface area contributed by atoms with Crippen molar-refractivity contribution in [3.63, 3.8) is 0 Å². The molecular formula is C13H17ClN4O2. The summed E-state index contributed by atoms with van der Waals surface area (Å²) in [7, 11) is 0. The second-order valence-corrected chi connectivity index (χ2v) is 5.26. The molecule has 1 atom stereocenters. The minimum Gasteiger partial charge on any atom is -0.352 e. The molecule has 0 saturated carbocycles. The number of pyridine rings is 1. The van der Waals surface area contributed by atoms with Crippen LogP contribution in [-0.2, 0) is 0 Å². The summed E-state index contributed by atoms with van der Waals surface area (Å²) in [5.41, 5.74) is 5.60. The first kappa shape index (κ1) is 14.6. The van der Waals surface area contributed by atoms with E-state index in [0.29, 0.717) is 30.4 Å². The average Bonchev–Trinajstić information content (AvgIpc) is 2.44. The van der Waals surface area contributed by atoms with Gasteiger partial charge in [0.15, 0.2) is 0 Å². The highest BCUT2D eigenvalue weighted by Gasteiger charge is 2.24. The van der Waals surface area contributed by atoms with Crippen LogP contribution in [0.3, 0.4) is 0 Å². The molecule has 1 aliphatic rings. The summed E-state index contributed by atoms with van der Waals surface area (Å²) in [6.45, 7) is 1.82. The van der Waals surface area contributed by atoms with Crippen molar-refractivity contribution in [2.24, 2.45) is 11.7 Å². The number of hydrogen-bond donors (Lipinski definition) is 2. The quantitative estimate of drug-likeness (QED) is 0.823. The van der Waals surface area contributed by atoms with Gasteiger partial charge in [0.1, 0.15) is 5.15 Å². The van der Waals surface area contributed by atoms with Crippen LogP contribution in [0.2, 0.25) is 5.15 Å². The molecule has 1 unspecified atom stereocenters. The molecule has 1 aromatic heterocycles. The maximum absolute atomic E-state index is 12.4. The third-order valence-corrected chi connectivity index (χ3v) is 3.55. The number of nitrogens with two attached hydrogens (primary N) is 1. The van der Waals surface area contributed by atoms with E-state index in [1.807, 2.05) is 0 Å². The van der Waals surface area contributed by atoms with Crippen LogP contribution in [-0.4, -0.2) is 41.5 Å². The van der Waals surface area contributed by atoms with Crippen LogP contribution in [0.25, 0.3) is 0 Å². The zero-order valence-corrected chi connectivity index (χ0v) is 11.8. The number of carbonyl (C=O) groups excluding carboxylic acids is 2. The van der Waals surface area contributed by atoms with Gasteiger partial charge in [-0.05, 0) is 30.9 Å². The van der Waals surface area contributed by atoms with Crippen LogP contribution in [0.15, 0.2) is 18.3 Å². The van der Waals surface area contributed by atoms with Crippen molar-refractivity contribution in [3.8, 4) is 0 Å². The normalized spacial score (nSPS) is 18.6. The van der Waals surface area contributed by atoms with Crippen molar-refractivity contribution in [1.82, 2.24) is 15.2 Å². The molecule has 3 amide bonds. The maximum Gasteiger partial charge on any atom is 0.312 e. The number of aromatic nitrogens is 1. The van der Waals surface area contributed by atoms with Crippen LogP contribution in [0, 0.1) is 5.92 Å². The molecule has 0 spiro atoms. The summed E-state index contributed by atoms with van der Waals surface area (Å²) in [5, 5.41) is 2.90. The molecule has 0 radical (unpaired) electrons. The molecule has 20 heavy (non-hydrogen) atoms. The van der Waals surface area contributed by atoms with Crippen LogP contribution in [0.4, 0.5) is 4.79 Å². The topological polar surface area (TPSA) is 88.3 Å². The van der Waals surface area contributed by atoms with Crippen LogP contribution in [0.1, 0.15) is 23.2 Å². The van der Waals surface area contributed by atoms with Crippen LogP contribution < -0.4 is 11.1 Å². The predicted molar refractivity (Wildman–Crippen MR) is 75.5 cm³/mol. The first-order chi connectivity index (χ1) is 9.56. The van der Waals surface area contributed by atoms with E-state index in [0.717, 1.165) is 12.8 Å². The molecule has 1 aromatic rings. The summed E-state index contributed by atoms with van der Waals surface area (Å²) in [5.74, 6) is 0.176. The van der Waals surface area contributed by atoms with E-state index in [2.05, 4.69) is 10.3 Å². The number of urea groups is 1. The summed E-state index contributed by atoms with van der Waals surface area (Å²) < 4.78 is 0. The molecule has 2 rings (SSSR count). The Kier molecular flexibility index (Phi) is 4.79. The largest absolute Gasteiger partial charge is 0.352 e. The molecule has 1 saturated heterocycles. The number of halogens is 1. The van der Waals surface area contributed by atoms with Gasteiger partial charge in [0, 0.05) is 31.4 Å². The Balaban J connectivity index is 1.98. The lowest BCUT2D eigenvalue weighted by Gasteiger charge is -2.32. The Hall–Kier alpha value is -1.82. The Bertz CT molecular complexity index is 509. The smallest absolute Gasteiger partial charge is 0.312 e. The Labute approximate surface area is 122 Å². The highest BCUT2D eigenvalue weighted by Crippen LogP contribution is 2.19. The number of carbonyl (C=O) groups is 2. The third-order valence-electron chi connectivity index (χ3n) is 3.34. The molecule has 1 fully saturated rings. The van der Waals surface area contributed by atoms with Crippen molar-refractivity contribution in [2.75, 3.05) is 19.6 Å². The Morgan fingerprint density at radius 2 is 2.35 bits per heavy atom. The summed E-state index contributed by atoms with van der Waals surface area (Å²) >= 11 is 5.80. The van der Waals surface area contributed by atoms with E-state index < -0.39 is 6.03 Å². The van der Waals surface area contributed by atoms with E-state index >= 15 is 0 Å². The van der Waals surface area contributed by atoms with Crippen LogP contribution in [0.5, 0.6) is 0 Å². The highest BCUT2D eigenvalue weighted by molar-refractivity contribution is 6.29. The third kappa shape index (κ3) is 3.84. The fourth-order valence-corrected chi connectivity index (χ4v) is 2.55. The molecule has 2 heterocycles. The fraction of sp³-hybridized carbons (Fsp3) is 0.462. The molecule has 7 heteroatoms. The van der Waals surface area contributed by atoms with E-state index in [9.17, 15) is 9.59 Å². The van der Waals surface area contributed by atoms with E-state index in [1.165, 1.54) is 6.20 Å². The molecule has 0 aromatic carbocycles. The number of nitrogens with one attached hydrogen (secondary N) is 1. The van der Waals surface area contributed by atoms with Gasteiger partial charge in [-0.2, -0.15) is 0 Å². The highest BCUT2D eigenvalue weighted by atomic mass is 35.5. The van der Waals surface area contributed by atoms with Crippen molar-refractivity contribution in [1.29, 1.82) is 0 Å². The monoisotopic (exact) mass is 296 g/mol. The van der Waals surface area contributed by atoms with Gasteiger partial charge in [0.25, 0.3) is 5.91 Å². The molecule has 108 valence electrons. The standard InChI is InChI=1S/C13H17ClN4O2/c14-11-6-10(3-4-16-11)12(19)18-5-1-2-9(8-18)7-17-13(15)20/h3-4,6,9H,1-2,5,7-8H2,(H3,15,17,20). The van der Waals surface area contributed by atoms with Gasteiger partial charge in [-0.25, -0.2) is 9.78 Å². The second kappa shape index (κ2) is 6.56. The van der Waals surface area contributed by atoms with Gasteiger partial charge in [-0.15, -0.1) is 0 Å². The minimum absolute atomic E-state index is 0.0573. The zero-order chi connectivity index (χ0) is 14.5. The average molecular weight is 297 g/mol. The Morgan fingerprint density at radius 1 is 1.55 bits per heavy atom. The van der Waals surface area contributed by atoms with Crippen molar-refractivity contribution >= 4 is 23.5 Å². The number of primary amides is 1. The van der Waals surface area contributed by atoms with Gasteiger partial charge < -0.3 is 16.0 Å². The van der Waals surface area contributed by atoms with Gasteiger partial charge in [0.2, 0.25) is 0 Å². The lowest BCUT2D eigenvalue weighted by atomic mass is 9.97. The minimum atomic E-state index is -0.533.